The maximum Gasteiger partial charge on any atom is 0.232 e. The van der Waals surface area contributed by atoms with Crippen LogP contribution in [0.1, 0.15) is 25.1 Å². The van der Waals surface area contributed by atoms with Crippen molar-refractivity contribution >= 4 is 50.6 Å². The SMILES string of the molecule is CCN1CCN(c2ccc(Nc3nc4c(c(Nc5ccccc5N(CC)S(C)(=O)=O)n3)C=CC4)cc2F)CC1. The number of anilines is 6. The van der Waals surface area contributed by atoms with Gasteiger partial charge in [-0.3, -0.25) is 4.31 Å². The van der Waals surface area contributed by atoms with Gasteiger partial charge in [-0.15, -0.1) is 0 Å². The molecule has 2 heterocycles. The van der Waals surface area contributed by atoms with Crippen LogP contribution < -0.4 is 19.8 Å². The van der Waals surface area contributed by atoms with Gasteiger partial charge in [-0.2, -0.15) is 4.98 Å². The molecule has 2 aromatic carbocycles. The Kier molecular flexibility index (Phi) is 7.72. The molecule has 1 saturated heterocycles. The van der Waals surface area contributed by atoms with Gasteiger partial charge in [0.25, 0.3) is 0 Å². The number of aromatic nitrogens is 2. The van der Waals surface area contributed by atoms with Gasteiger partial charge in [0.15, 0.2) is 0 Å². The molecule has 39 heavy (non-hydrogen) atoms. The van der Waals surface area contributed by atoms with E-state index in [1.807, 2.05) is 30.4 Å². The van der Waals surface area contributed by atoms with Crippen LogP contribution in [0.5, 0.6) is 0 Å². The number of piperazine rings is 1. The zero-order valence-corrected chi connectivity index (χ0v) is 23.3. The molecule has 9 nitrogen and oxygen atoms in total. The highest BCUT2D eigenvalue weighted by Gasteiger charge is 2.22. The summed E-state index contributed by atoms with van der Waals surface area (Å²) in [4.78, 5) is 13.8. The number of allylic oxidation sites excluding steroid dienone is 1. The Morgan fingerprint density at radius 2 is 1.79 bits per heavy atom. The molecule has 206 valence electrons. The van der Waals surface area contributed by atoms with Crippen LogP contribution in [0, 0.1) is 5.82 Å². The van der Waals surface area contributed by atoms with E-state index in [4.69, 9.17) is 4.98 Å². The van der Waals surface area contributed by atoms with Gasteiger partial charge in [0, 0.05) is 50.4 Å². The van der Waals surface area contributed by atoms with Crippen molar-refractivity contribution in [3.05, 3.63) is 65.6 Å². The third kappa shape index (κ3) is 5.84. The van der Waals surface area contributed by atoms with Crippen LogP contribution in [0.2, 0.25) is 0 Å². The molecule has 0 spiro atoms. The van der Waals surface area contributed by atoms with Crippen molar-refractivity contribution < 1.29 is 12.8 Å². The molecule has 2 N–H and O–H groups in total. The van der Waals surface area contributed by atoms with Gasteiger partial charge in [0.2, 0.25) is 16.0 Å². The van der Waals surface area contributed by atoms with Gasteiger partial charge in [-0.1, -0.05) is 31.2 Å². The van der Waals surface area contributed by atoms with Crippen LogP contribution in [0.3, 0.4) is 0 Å². The number of hydrogen-bond donors (Lipinski definition) is 2. The second-order valence-corrected chi connectivity index (χ2v) is 11.6. The Bertz CT molecular complexity index is 1490. The van der Waals surface area contributed by atoms with Gasteiger partial charge in [-0.05, 0) is 43.8 Å². The Balaban J connectivity index is 1.40. The lowest BCUT2D eigenvalue weighted by molar-refractivity contribution is 0.270. The van der Waals surface area contributed by atoms with Gasteiger partial charge >= 0.3 is 0 Å². The van der Waals surface area contributed by atoms with Crippen molar-refractivity contribution in [1.29, 1.82) is 0 Å². The number of sulfonamides is 1. The fraction of sp³-hybridized carbons (Fsp3) is 0.357. The van der Waals surface area contributed by atoms with E-state index >= 15 is 4.39 Å². The number of benzene rings is 2. The average Bonchev–Trinajstić information content (AvgIpc) is 3.39. The number of para-hydroxylation sites is 2. The topological polar surface area (TPSA) is 93.7 Å². The summed E-state index contributed by atoms with van der Waals surface area (Å²) in [6.45, 7) is 8.67. The van der Waals surface area contributed by atoms with Crippen LogP contribution in [-0.4, -0.2) is 68.8 Å². The molecule has 0 amide bonds. The number of likely N-dealkylation sites (N-methyl/N-ethyl adjacent to an activating group) is 1. The molecular weight excluding hydrogens is 517 g/mol. The van der Waals surface area contributed by atoms with Crippen molar-refractivity contribution in [2.24, 2.45) is 0 Å². The predicted molar refractivity (Wildman–Crippen MR) is 156 cm³/mol. The Labute approximate surface area is 229 Å². The minimum Gasteiger partial charge on any atom is -0.367 e. The summed E-state index contributed by atoms with van der Waals surface area (Å²) in [5, 5.41) is 6.48. The number of fused-ring (bicyclic) bond motifs is 1. The van der Waals surface area contributed by atoms with Crippen LogP contribution in [0.15, 0.2) is 48.5 Å². The Hall–Kier alpha value is -3.70. The summed E-state index contributed by atoms with van der Waals surface area (Å²) in [5.41, 5.74) is 3.95. The molecule has 1 aliphatic carbocycles. The first-order valence-electron chi connectivity index (χ1n) is 13.2. The molecule has 1 fully saturated rings. The quantitative estimate of drug-likeness (QED) is 0.399. The van der Waals surface area contributed by atoms with Crippen molar-refractivity contribution in [3.63, 3.8) is 0 Å². The fourth-order valence-electron chi connectivity index (χ4n) is 5.07. The van der Waals surface area contributed by atoms with Crippen LogP contribution in [-0.2, 0) is 16.4 Å². The van der Waals surface area contributed by atoms with E-state index in [2.05, 4.69) is 32.3 Å². The summed E-state index contributed by atoms with van der Waals surface area (Å²) in [5.74, 6) is 0.580. The van der Waals surface area contributed by atoms with Crippen molar-refractivity contribution in [1.82, 2.24) is 14.9 Å². The third-order valence-electron chi connectivity index (χ3n) is 7.10. The molecular formula is C28H34FN7O2S. The molecule has 11 heteroatoms. The molecule has 1 aliphatic heterocycles. The van der Waals surface area contributed by atoms with Gasteiger partial charge in [-0.25, -0.2) is 17.8 Å². The second kappa shape index (κ2) is 11.2. The molecule has 1 aromatic heterocycles. The molecule has 0 bridgehead atoms. The number of nitrogens with zero attached hydrogens (tertiary/aromatic N) is 5. The number of hydrogen-bond acceptors (Lipinski definition) is 8. The van der Waals surface area contributed by atoms with Crippen LogP contribution >= 0.6 is 0 Å². The highest BCUT2D eigenvalue weighted by Crippen LogP contribution is 2.34. The summed E-state index contributed by atoms with van der Waals surface area (Å²) in [7, 11) is -3.47. The molecule has 3 aromatic rings. The van der Waals surface area contributed by atoms with Gasteiger partial charge in [0.05, 0.1) is 29.0 Å². The van der Waals surface area contributed by atoms with Crippen molar-refractivity contribution in [3.8, 4) is 0 Å². The number of rotatable bonds is 9. The fourth-order valence-corrected chi connectivity index (χ4v) is 6.05. The van der Waals surface area contributed by atoms with Crippen LogP contribution in [0.25, 0.3) is 6.08 Å². The summed E-state index contributed by atoms with van der Waals surface area (Å²) < 4.78 is 41.3. The molecule has 0 saturated carbocycles. The highest BCUT2D eigenvalue weighted by molar-refractivity contribution is 7.92. The highest BCUT2D eigenvalue weighted by atomic mass is 32.2. The first kappa shape index (κ1) is 26.9. The first-order valence-corrected chi connectivity index (χ1v) is 15.1. The maximum atomic E-state index is 15.1. The molecule has 2 aliphatic rings. The standard InChI is InChI=1S/C28H34FN7O2S/c1-4-34-15-17-35(18-16-34)25-14-13-20(19-22(25)29)30-28-32-23-11-8-9-21(23)27(33-28)31-24-10-6-7-12-26(24)36(5-2)39(3,37)38/h6-10,12-14,19H,4-5,11,15-18H2,1-3H3,(H2,30,31,32,33). The Morgan fingerprint density at radius 3 is 2.49 bits per heavy atom. The van der Waals surface area contributed by atoms with Crippen LogP contribution in [0.4, 0.5) is 38.9 Å². The summed E-state index contributed by atoms with van der Waals surface area (Å²) in [6, 6.07) is 12.3. The lowest BCUT2D eigenvalue weighted by atomic mass is 10.2. The van der Waals surface area contributed by atoms with E-state index in [-0.39, 0.29) is 5.82 Å². The van der Waals surface area contributed by atoms with E-state index < -0.39 is 10.0 Å². The number of nitrogens with one attached hydrogen (secondary N) is 2. The summed E-state index contributed by atoms with van der Waals surface area (Å²) in [6.07, 6.45) is 5.78. The average molecular weight is 552 g/mol. The zero-order valence-electron chi connectivity index (χ0n) is 22.5. The molecule has 5 rings (SSSR count). The lowest BCUT2D eigenvalue weighted by Gasteiger charge is -2.35. The lowest BCUT2D eigenvalue weighted by Crippen LogP contribution is -2.46. The zero-order chi connectivity index (χ0) is 27.6. The van der Waals surface area contributed by atoms with E-state index in [0.29, 0.717) is 47.5 Å². The first-order chi connectivity index (χ1) is 18.8. The monoisotopic (exact) mass is 551 g/mol. The minimum atomic E-state index is -3.47. The minimum absolute atomic E-state index is 0.291. The predicted octanol–water partition coefficient (Wildman–Crippen LogP) is 4.60. The van der Waals surface area contributed by atoms with E-state index in [9.17, 15) is 8.42 Å². The smallest absolute Gasteiger partial charge is 0.232 e. The van der Waals surface area contributed by atoms with E-state index in [1.54, 1.807) is 25.1 Å². The second-order valence-electron chi connectivity index (χ2n) is 9.65. The van der Waals surface area contributed by atoms with Gasteiger partial charge < -0.3 is 20.4 Å². The number of halogens is 1. The Morgan fingerprint density at radius 1 is 1.03 bits per heavy atom. The molecule has 0 radical (unpaired) electrons. The van der Waals surface area contributed by atoms with E-state index in [0.717, 1.165) is 44.0 Å². The van der Waals surface area contributed by atoms with Crippen molar-refractivity contribution in [2.75, 3.05) is 65.4 Å². The summed E-state index contributed by atoms with van der Waals surface area (Å²) >= 11 is 0. The maximum absolute atomic E-state index is 15.1. The largest absolute Gasteiger partial charge is 0.367 e. The molecule has 0 atom stereocenters. The van der Waals surface area contributed by atoms with E-state index in [1.165, 1.54) is 16.6 Å². The normalized spacial score (nSPS) is 15.3. The third-order valence-corrected chi connectivity index (χ3v) is 8.35. The van der Waals surface area contributed by atoms with Gasteiger partial charge in [0.1, 0.15) is 11.6 Å². The van der Waals surface area contributed by atoms with Crippen molar-refractivity contribution in [2.45, 2.75) is 20.3 Å². The molecule has 0 unspecified atom stereocenters.